The van der Waals surface area contributed by atoms with Gasteiger partial charge in [0.25, 0.3) is 5.91 Å². The molecule has 0 bridgehead atoms. The summed E-state index contributed by atoms with van der Waals surface area (Å²) in [5, 5.41) is 5.26. The molecule has 0 aliphatic carbocycles. The molecule has 24 heavy (non-hydrogen) atoms. The molecule has 0 radical (unpaired) electrons. The van der Waals surface area contributed by atoms with Gasteiger partial charge in [0.05, 0.1) is 5.56 Å². The molecule has 2 aromatic rings. The predicted molar refractivity (Wildman–Crippen MR) is 88.5 cm³/mol. The fourth-order valence-electron chi connectivity index (χ4n) is 1.85. The molecule has 7 heteroatoms. The average Bonchev–Trinajstić information content (AvgIpc) is 2.56. The summed E-state index contributed by atoms with van der Waals surface area (Å²) in [7, 11) is 0. The van der Waals surface area contributed by atoms with Crippen LogP contribution in [-0.4, -0.2) is 28.9 Å². The molecule has 0 fully saturated rings. The Kier molecular flexibility index (Phi) is 5.62. The minimum Gasteiger partial charge on any atom is -0.449 e. The van der Waals surface area contributed by atoms with Crippen molar-refractivity contribution < 1.29 is 19.1 Å². The molecule has 0 saturated heterocycles. The Bertz CT molecular complexity index is 729. The van der Waals surface area contributed by atoms with Crippen LogP contribution in [0.2, 0.25) is 0 Å². The van der Waals surface area contributed by atoms with Crippen LogP contribution in [0.15, 0.2) is 48.8 Å². The largest absolute Gasteiger partial charge is 0.449 e. The van der Waals surface area contributed by atoms with Crippen LogP contribution in [-0.2, 0) is 14.3 Å². The SMILES string of the molecule is CC(=O)Nc1ccc(NC(=O)C(C)OC(=O)c2ccncc2)cc1. The maximum atomic E-state index is 12.1. The highest BCUT2D eigenvalue weighted by Crippen LogP contribution is 2.14. The van der Waals surface area contributed by atoms with Gasteiger partial charge in [-0.3, -0.25) is 14.6 Å². The maximum absolute atomic E-state index is 12.1. The minimum absolute atomic E-state index is 0.177. The Morgan fingerprint density at radius 2 is 1.50 bits per heavy atom. The number of hydrogen-bond acceptors (Lipinski definition) is 5. The Balaban J connectivity index is 1.91. The molecule has 0 aliphatic rings. The normalized spacial score (nSPS) is 11.2. The van der Waals surface area contributed by atoms with Gasteiger partial charge in [-0.15, -0.1) is 0 Å². The van der Waals surface area contributed by atoms with E-state index in [-0.39, 0.29) is 5.91 Å². The van der Waals surface area contributed by atoms with E-state index in [1.54, 1.807) is 24.3 Å². The number of rotatable bonds is 5. The molecule has 2 amide bonds. The van der Waals surface area contributed by atoms with E-state index in [0.29, 0.717) is 16.9 Å². The van der Waals surface area contributed by atoms with E-state index in [2.05, 4.69) is 15.6 Å². The van der Waals surface area contributed by atoms with E-state index in [1.807, 2.05) is 0 Å². The molecule has 1 aromatic carbocycles. The average molecular weight is 327 g/mol. The molecule has 7 nitrogen and oxygen atoms in total. The number of amides is 2. The lowest BCUT2D eigenvalue weighted by Gasteiger charge is -2.13. The van der Waals surface area contributed by atoms with Crippen molar-refractivity contribution in [3.05, 3.63) is 54.4 Å². The van der Waals surface area contributed by atoms with Crippen LogP contribution in [0.1, 0.15) is 24.2 Å². The number of pyridine rings is 1. The molecule has 1 heterocycles. The van der Waals surface area contributed by atoms with Crippen molar-refractivity contribution in [2.45, 2.75) is 20.0 Å². The monoisotopic (exact) mass is 327 g/mol. The van der Waals surface area contributed by atoms with Crippen molar-refractivity contribution in [1.82, 2.24) is 4.98 Å². The number of esters is 1. The summed E-state index contributed by atoms with van der Waals surface area (Å²) in [4.78, 5) is 38.7. The number of carbonyl (C=O) groups is 3. The van der Waals surface area contributed by atoms with E-state index in [9.17, 15) is 14.4 Å². The quantitative estimate of drug-likeness (QED) is 0.821. The number of nitrogens with zero attached hydrogens (tertiary/aromatic N) is 1. The Hall–Kier alpha value is -3.22. The molecular weight excluding hydrogens is 310 g/mol. The first-order chi connectivity index (χ1) is 11.5. The topological polar surface area (TPSA) is 97.4 Å². The summed E-state index contributed by atoms with van der Waals surface area (Å²) in [5.74, 6) is -1.23. The minimum atomic E-state index is -0.958. The van der Waals surface area contributed by atoms with Crippen LogP contribution >= 0.6 is 0 Å². The zero-order chi connectivity index (χ0) is 17.5. The highest BCUT2D eigenvalue weighted by Gasteiger charge is 2.19. The second-order valence-electron chi connectivity index (χ2n) is 5.03. The number of anilines is 2. The van der Waals surface area contributed by atoms with Crippen LogP contribution in [0.3, 0.4) is 0 Å². The van der Waals surface area contributed by atoms with Crippen molar-refractivity contribution in [2.24, 2.45) is 0 Å². The molecule has 0 spiro atoms. The summed E-state index contributed by atoms with van der Waals surface area (Å²) in [5.41, 5.74) is 1.47. The molecule has 0 saturated carbocycles. The molecule has 2 N–H and O–H groups in total. The molecular formula is C17H17N3O4. The Morgan fingerprint density at radius 3 is 2.04 bits per heavy atom. The number of aromatic nitrogens is 1. The standard InChI is InChI=1S/C17H17N3O4/c1-11(24-17(23)13-7-9-18-10-8-13)16(22)20-15-5-3-14(4-6-15)19-12(2)21/h3-11H,1-2H3,(H,19,21)(H,20,22). The molecule has 1 atom stereocenters. The lowest BCUT2D eigenvalue weighted by molar-refractivity contribution is -0.123. The maximum Gasteiger partial charge on any atom is 0.339 e. The Labute approximate surface area is 139 Å². The second-order valence-corrected chi connectivity index (χ2v) is 5.03. The predicted octanol–water partition coefficient (Wildman–Crippen LogP) is 2.22. The third kappa shape index (κ3) is 4.91. The van der Waals surface area contributed by atoms with Gasteiger partial charge in [0, 0.05) is 30.7 Å². The van der Waals surface area contributed by atoms with Gasteiger partial charge in [0.1, 0.15) is 0 Å². The first kappa shape index (κ1) is 17.1. The van der Waals surface area contributed by atoms with E-state index >= 15 is 0 Å². The molecule has 2 rings (SSSR count). The fourth-order valence-corrected chi connectivity index (χ4v) is 1.85. The van der Waals surface area contributed by atoms with E-state index < -0.39 is 18.0 Å². The van der Waals surface area contributed by atoms with Crippen molar-refractivity contribution in [3.63, 3.8) is 0 Å². The third-order valence-corrected chi connectivity index (χ3v) is 3.04. The van der Waals surface area contributed by atoms with Crippen molar-refractivity contribution >= 4 is 29.2 Å². The first-order valence-corrected chi connectivity index (χ1v) is 7.25. The van der Waals surface area contributed by atoms with E-state index in [1.165, 1.54) is 38.4 Å². The van der Waals surface area contributed by atoms with Crippen LogP contribution in [0.5, 0.6) is 0 Å². The van der Waals surface area contributed by atoms with Gasteiger partial charge in [-0.2, -0.15) is 0 Å². The molecule has 1 unspecified atom stereocenters. The number of nitrogens with one attached hydrogen (secondary N) is 2. The van der Waals surface area contributed by atoms with Crippen LogP contribution in [0.4, 0.5) is 11.4 Å². The zero-order valence-electron chi connectivity index (χ0n) is 13.3. The van der Waals surface area contributed by atoms with Crippen molar-refractivity contribution in [3.8, 4) is 0 Å². The molecule has 0 aliphatic heterocycles. The van der Waals surface area contributed by atoms with Gasteiger partial charge in [0.15, 0.2) is 6.10 Å². The van der Waals surface area contributed by atoms with Gasteiger partial charge in [-0.1, -0.05) is 0 Å². The first-order valence-electron chi connectivity index (χ1n) is 7.25. The smallest absolute Gasteiger partial charge is 0.339 e. The van der Waals surface area contributed by atoms with Crippen molar-refractivity contribution in [1.29, 1.82) is 0 Å². The Morgan fingerprint density at radius 1 is 0.958 bits per heavy atom. The number of carbonyl (C=O) groups excluding carboxylic acids is 3. The van der Waals surface area contributed by atoms with Gasteiger partial charge in [-0.25, -0.2) is 4.79 Å². The number of benzene rings is 1. The van der Waals surface area contributed by atoms with Crippen LogP contribution < -0.4 is 10.6 Å². The van der Waals surface area contributed by atoms with Gasteiger partial charge >= 0.3 is 5.97 Å². The molecule has 124 valence electrons. The summed E-state index contributed by atoms with van der Waals surface area (Å²) < 4.78 is 5.11. The van der Waals surface area contributed by atoms with Crippen LogP contribution in [0, 0.1) is 0 Å². The van der Waals surface area contributed by atoms with Crippen molar-refractivity contribution in [2.75, 3.05) is 10.6 Å². The van der Waals surface area contributed by atoms with E-state index in [4.69, 9.17) is 4.74 Å². The van der Waals surface area contributed by atoms with Crippen LogP contribution in [0.25, 0.3) is 0 Å². The second kappa shape index (κ2) is 7.87. The summed E-state index contributed by atoms with van der Waals surface area (Å²) >= 11 is 0. The van der Waals surface area contributed by atoms with Gasteiger partial charge in [0.2, 0.25) is 5.91 Å². The summed E-state index contributed by atoms with van der Waals surface area (Å²) in [6, 6.07) is 9.61. The number of ether oxygens (including phenoxy) is 1. The van der Waals surface area contributed by atoms with Gasteiger partial charge < -0.3 is 15.4 Å². The van der Waals surface area contributed by atoms with Gasteiger partial charge in [-0.05, 0) is 43.3 Å². The highest BCUT2D eigenvalue weighted by molar-refractivity contribution is 5.97. The lowest BCUT2D eigenvalue weighted by atomic mass is 10.2. The third-order valence-electron chi connectivity index (χ3n) is 3.04. The summed E-state index contributed by atoms with van der Waals surface area (Å²) in [6.07, 6.45) is 1.98. The summed E-state index contributed by atoms with van der Waals surface area (Å²) in [6.45, 7) is 2.90. The fraction of sp³-hybridized carbons (Fsp3) is 0.176. The van der Waals surface area contributed by atoms with E-state index in [0.717, 1.165) is 0 Å². The highest BCUT2D eigenvalue weighted by atomic mass is 16.5. The zero-order valence-corrected chi connectivity index (χ0v) is 13.3. The molecule has 1 aromatic heterocycles. The lowest BCUT2D eigenvalue weighted by Crippen LogP contribution is -2.30. The number of hydrogen-bond donors (Lipinski definition) is 2.